The Morgan fingerprint density at radius 3 is 2.84 bits per heavy atom. The van der Waals surface area contributed by atoms with Crippen LogP contribution in [0, 0.1) is 11.3 Å². The quantitative estimate of drug-likeness (QED) is 0.572. The van der Waals surface area contributed by atoms with Crippen LogP contribution in [0.3, 0.4) is 0 Å². The Hall–Kier alpha value is -3.59. The summed E-state index contributed by atoms with van der Waals surface area (Å²) in [6.07, 6.45) is 4.89. The molecule has 25 heavy (non-hydrogen) atoms. The number of nitriles is 1. The van der Waals surface area contributed by atoms with Gasteiger partial charge in [0, 0.05) is 23.3 Å². The maximum atomic E-state index is 11.2. The first kappa shape index (κ1) is 16.3. The number of carbonyl (C=O) groups is 1. The van der Waals surface area contributed by atoms with Gasteiger partial charge in [-0.1, -0.05) is 12.1 Å². The lowest BCUT2D eigenvalue weighted by atomic mass is 10.1. The van der Waals surface area contributed by atoms with Gasteiger partial charge in [-0.15, -0.1) is 0 Å². The van der Waals surface area contributed by atoms with Crippen LogP contribution in [0.5, 0.6) is 5.75 Å². The van der Waals surface area contributed by atoms with Crippen molar-refractivity contribution < 1.29 is 14.6 Å². The van der Waals surface area contributed by atoms with Crippen molar-refractivity contribution in [2.45, 2.75) is 6.54 Å². The van der Waals surface area contributed by atoms with Crippen LogP contribution in [0.4, 0.5) is 0 Å². The Morgan fingerprint density at radius 2 is 2.20 bits per heavy atom. The van der Waals surface area contributed by atoms with Gasteiger partial charge >= 0.3 is 5.97 Å². The molecule has 0 aliphatic heterocycles. The molecule has 2 heterocycles. The van der Waals surface area contributed by atoms with Crippen LogP contribution in [0.25, 0.3) is 17.0 Å². The highest BCUT2D eigenvalue weighted by Crippen LogP contribution is 2.32. The molecule has 0 aliphatic rings. The van der Waals surface area contributed by atoms with E-state index in [4.69, 9.17) is 15.1 Å². The van der Waals surface area contributed by atoms with Gasteiger partial charge < -0.3 is 14.4 Å². The molecule has 0 bridgehead atoms. The van der Waals surface area contributed by atoms with Crippen LogP contribution >= 0.6 is 0 Å². The van der Waals surface area contributed by atoms with E-state index in [1.54, 1.807) is 25.4 Å². The molecule has 0 fully saturated rings. The van der Waals surface area contributed by atoms with Crippen molar-refractivity contribution in [2.24, 2.45) is 0 Å². The number of hydrogen-bond acceptors (Lipinski definition) is 4. The smallest absolute Gasteiger partial charge is 0.346 e. The Balaban J connectivity index is 2.20. The minimum Gasteiger partial charge on any atom is -0.496 e. The second-order valence-corrected chi connectivity index (χ2v) is 5.36. The summed E-state index contributed by atoms with van der Waals surface area (Å²) in [6, 6.07) is 13.0. The monoisotopic (exact) mass is 333 g/mol. The number of carboxylic acids is 1. The summed E-state index contributed by atoms with van der Waals surface area (Å²) in [5.74, 6) is -0.644. The molecule has 1 aromatic carbocycles. The number of carboxylic acid groups (broad SMARTS) is 1. The average Bonchev–Trinajstić information content (AvgIpc) is 2.98. The normalized spacial score (nSPS) is 11.3. The van der Waals surface area contributed by atoms with E-state index in [0.717, 1.165) is 16.6 Å². The molecule has 0 radical (unpaired) electrons. The minimum atomic E-state index is -1.26. The first-order valence-corrected chi connectivity index (χ1v) is 7.55. The van der Waals surface area contributed by atoms with Gasteiger partial charge in [0.2, 0.25) is 0 Å². The third-order valence-electron chi connectivity index (χ3n) is 3.83. The Morgan fingerprint density at radius 1 is 1.36 bits per heavy atom. The molecule has 0 atom stereocenters. The number of benzene rings is 1. The summed E-state index contributed by atoms with van der Waals surface area (Å²) in [4.78, 5) is 15.5. The van der Waals surface area contributed by atoms with E-state index >= 15 is 0 Å². The molecule has 1 N–H and O–H groups in total. The standard InChI is InChI=1S/C19H15N3O3/c1-25-17-7-4-6-16-18(17)14(9-13(10-20)19(23)24)11-22(16)12-15-5-2-3-8-21-15/h2-9,11H,12H2,1H3,(H,23,24)/b13-9+. The highest BCUT2D eigenvalue weighted by molar-refractivity contribution is 6.02. The maximum absolute atomic E-state index is 11.2. The van der Waals surface area contributed by atoms with Gasteiger partial charge in [0.1, 0.15) is 17.4 Å². The van der Waals surface area contributed by atoms with Crippen molar-refractivity contribution in [3.8, 4) is 11.8 Å². The van der Waals surface area contributed by atoms with Gasteiger partial charge in [-0.3, -0.25) is 4.98 Å². The molecule has 0 aliphatic carbocycles. The molecular weight excluding hydrogens is 318 g/mol. The van der Waals surface area contributed by atoms with Crippen LogP contribution < -0.4 is 4.74 Å². The third kappa shape index (κ3) is 3.21. The SMILES string of the molecule is COc1cccc2c1c(/C=C(\C#N)C(=O)O)cn2Cc1ccccn1. The maximum Gasteiger partial charge on any atom is 0.346 e. The average molecular weight is 333 g/mol. The molecule has 6 heteroatoms. The number of hydrogen-bond donors (Lipinski definition) is 1. The topological polar surface area (TPSA) is 88.1 Å². The van der Waals surface area contributed by atoms with E-state index in [1.165, 1.54) is 6.08 Å². The molecule has 2 aromatic heterocycles. The molecule has 0 saturated carbocycles. The van der Waals surface area contributed by atoms with Crippen molar-refractivity contribution in [1.29, 1.82) is 5.26 Å². The summed E-state index contributed by atoms with van der Waals surface area (Å²) < 4.78 is 7.38. The number of pyridine rings is 1. The lowest BCUT2D eigenvalue weighted by molar-refractivity contribution is -0.132. The number of methoxy groups -OCH3 is 1. The summed E-state index contributed by atoms with van der Waals surface area (Å²) >= 11 is 0. The molecule has 3 rings (SSSR count). The number of nitrogens with zero attached hydrogens (tertiary/aromatic N) is 3. The summed E-state index contributed by atoms with van der Waals surface area (Å²) in [5.41, 5.74) is 2.03. The summed E-state index contributed by atoms with van der Waals surface area (Å²) in [7, 11) is 1.56. The fraction of sp³-hybridized carbons (Fsp3) is 0.105. The molecule has 0 unspecified atom stereocenters. The Kier molecular flexibility index (Phi) is 4.48. The van der Waals surface area contributed by atoms with Crippen molar-refractivity contribution in [3.05, 3.63) is 65.6 Å². The second kappa shape index (κ2) is 6.89. The van der Waals surface area contributed by atoms with Gasteiger partial charge in [-0.2, -0.15) is 5.26 Å². The lowest BCUT2D eigenvalue weighted by Gasteiger charge is -2.06. The van der Waals surface area contributed by atoms with E-state index in [-0.39, 0.29) is 5.57 Å². The molecular formula is C19H15N3O3. The molecule has 3 aromatic rings. The zero-order chi connectivity index (χ0) is 17.8. The number of aliphatic carboxylic acids is 1. The fourth-order valence-electron chi connectivity index (χ4n) is 2.72. The minimum absolute atomic E-state index is 0.331. The molecule has 0 spiro atoms. The van der Waals surface area contributed by atoms with Gasteiger partial charge in [-0.25, -0.2) is 4.79 Å². The second-order valence-electron chi connectivity index (χ2n) is 5.36. The fourth-order valence-corrected chi connectivity index (χ4v) is 2.72. The van der Waals surface area contributed by atoms with E-state index in [1.807, 2.05) is 41.1 Å². The van der Waals surface area contributed by atoms with Gasteiger partial charge in [-0.05, 0) is 30.3 Å². The largest absolute Gasteiger partial charge is 0.496 e. The van der Waals surface area contributed by atoms with Crippen molar-refractivity contribution in [3.63, 3.8) is 0 Å². The number of aromatic nitrogens is 2. The van der Waals surface area contributed by atoms with Gasteiger partial charge in [0.15, 0.2) is 0 Å². The van der Waals surface area contributed by atoms with Crippen LogP contribution in [0.1, 0.15) is 11.3 Å². The molecule has 6 nitrogen and oxygen atoms in total. The zero-order valence-corrected chi connectivity index (χ0v) is 13.5. The van der Waals surface area contributed by atoms with Crippen LogP contribution in [-0.4, -0.2) is 27.7 Å². The first-order chi connectivity index (χ1) is 12.1. The Labute approximate surface area is 144 Å². The summed E-state index contributed by atoms with van der Waals surface area (Å²) in [6.45, 7) is 0.521. The predicted octanol–water partition coefficient (Wildman–Crippen LogP) is 3.08. The van der Waals surface area contributed by atoms with E-state index < -0.39 is 5.97 Å². The molecule has 0 amide bonds. The van der Waals surface area contributed by atoms with Gasteiger partial charge in [0.05, 0.1) is 24.9 Å². The van der Waals surface area contributed by atoms with Crippen LogP contribution in [-0.2, 0) is 11.3 Å². The Bertz CT molecular complexity index is 998. The molecule has 124 valence electrons. The number of fused-ring (bicyclic) bond motifs is 1. The highest BCUT2D eigenvalue weighted by Gasteiger charge is 2.15. The number of rotatable bonds is 5. The highest BCUT2D eigenvalue weighted by atomic mass is 16.5. The van der Waals surface area contributed by atoms with Crippen molar-refractivity contribution in [1.82, 2.24) is 9.55 Å². The lowest BCUT2D eigenvalue weighted by Crippen LogP contribution is -1.99. The van der Waals surface area contributed by atoms with E-state index in [9.17, 15) is 4.79 Å². The zero-order valence-electron chi connectivity index (χ0n) is 13.5. The van der Waals surface area contributed by atoms with Crippen LogP contribution in [0.15, 0.2) is 54.4 Å². The summed E-state index contributed by atoms with van der Waals surface area (Å²) in [5, 5.41) is 18.9. The van der Waals surface area contributed by atoms with Crippen molar-refractivity contribution >= 4 is 22.9 Å². The first-order valence-electron chi connectivity index (χ1n) is 7.55. The van der Waals surface area contributed by atoms with Crippen molar-refractivity contribution in [2.75, 3.05) is 7.11 Å². The van der Waals surface area contributed by atoms with Crippen LogP contribution in [0.2, 0.25) is 0 Å². The van der Waals surface area contributed by atoms with E-state index in [0.29, 0.717) is 17.9 Å². The number of ether oxygens (including phenoxy) is 1. The van der Waals surface area contributed by atoms with Gasteiger partial charge in [0.25, 0.3) is 0 Å². The third-order valence-corrected chi connectivity index (χ3v) is 3.83. The molecule has 0 saturated heterocycles. The van der Waals surface area contributed by atoms with E-state index in [2.05, 4.69) is 4.98 Å². The predicted molar refractivity (Wildman–Crippen MR) is 93.1 cm³/mol.